The molecule has 1 fully saturated rings. The summed E-state index contributed by atoms with van der Waals surface area (Å²) in [5.74, 6) is 0.928. The predicted molar refractivity (Wildman–Crippen MR) is 71.4 cm³/mol. The molecule has 2 rings (SSSR count). The summed E-state index contributed by atoms with van der Waals surface area (Å²) in [4.78, 5) is 0. The first-order chi connectivity index (χ1) is 8.17. The predicted octanol–water partition coefficient (Wildman–Crippen LogP) is 3.54. The fourth-order valence-corrected chi connectivity index (χ4v) is 2.09. The first-order valence-corrected chi connectivity index (χ1v) is 6.54. The smallest absolute Gasteiger partial charge is 0.118 e. The second kappa shape index (κ2) is 5.09. The Kier molecular flexibility index (Phi) is 3.72. The average molecular weight is 233 g/mol. The molecule has 94 valence electrons. The van der Waals surface area contributed by atoms with Crippen molar-refractivity contribution in [1.82, 2.24) is 5.32 Å². The minimum absolute atomic E-state index is 0.471. The van der Waals surface area contributed by atoms with Gasteiger partial charge < -0.3 is 10.1 Å². The molecule has 0 spiro atoms. The Balaban J connectivity index is 1.95. The Morgan fingerprint density at radius 2 is 1.94 bits per heavy atom. The molecule has 1 aliphatic carbocycles. The molecular formula is C15H23NO. The third-order valence-electron chi connectivity index (χ3n) is 3.81. The summed E-state index contributed by atoms with van der Waals surface area (Å²) < 4.78 is 5.19. The van der Waals surface area contributed by atoms with Gasteiger partial charge in [-0.25, -0.2) is 0 Å². The highest BCUT2D eigenvalue weighted by atomic mass is 16.5. The molecule has 1 aromatic rings. The number of hydrogen-bond donors (Lipinski definition) is 1. The van der Waals surface area contributed by atoms with E-state index in [0.717, 1.165) is 18.7 Å². The van der Waals surface area contributed by atoms with Crippen molar-refractivity contribution in [1.29, 1.82) is 0 Å². The minimum atomic E-state index is 0.471. The third kappa shape index (κ3) is 3.22. The molecule has 1 aromatic carbocycles. The molecule has 1 N–H and O–H groups in total. The van der Waals surface area contributed by atoms with Crippen LogP contribution in [-0.2, 0) is 0 Å². The van der Waals surface area contributed by atoms with Crippen molar-refractivity contribution in [2.45, 2.75) is 39.2 Å². The first-order valence-electron chi connectivity index (χ1n) is 6.54. The standard InChI is InChI=1S/C15H23NO/c1-4-14(16-11-15(2)9-10-15)12-5-7-13(17-3)8-6-12/h5-8,14,16H,4,9-11H2,1-3H3. The molecule has 2 nitrogen and oxygen atoms in total. The zero-order valence-electron chi connectivity index (χ0n) is 11.1. The van der Waals surface area contributed by atoms with E-state index in [4.69, 9.17) is 4.74 Å². The molecule has 0 aliphatic heterocycles. The summed E-state index contributed by atoms with van der Waals surface area (Å²) >= 11 is 0. The van der Waals surface area contributed by atoms with Crippen molar-refractivity contribution in [2.24, 2.45) is 5.41 Å². The highest BCUT2D eigenvalue weighted by Gasteiger charge is 2.37. The Morgan fingerprint density at radius 3 is 2.41 bits per heavy atom. The van der Waals surface area contributed by atoms with Gasteiger partial charge in [-0.3, -0.25) is 0 Å². The van der Waals surface area contributed by atoms with Gasteiger partial charge in [0.2, 0.25) is 0 Å². The van der Waals surface area contributed by atoms with Crippen LogP contribution in [-0.4, -0.2) is 13.7 Å². The topological polar surface area (TPSA) is 21.3 Å². The molecule has 1 aliphatic rings. The summed E-state index contributed by atoms with van der Waals surface area (Å²) in [7, 11) is 1.71. The second-order valence-electron chi connectivity index (χ2n) is 5.43. The van der Waals surface area contributed by atoms with Gasteiger partial charge in [0.05, 0.1) is 7.11 Å². The molecule has 0 radical (unpaired) electrons. The maximum Gasteiger partial charge on any atom is 0.118 e. The van der Waals surface area contributed by atoms with Crippen molar-refractivity contribution in [3.8, 4) is 5.75 Å². The minimum Gasteiger partial charge on any atom is -0.497 e. The van der Waals surface area contributed by atoms with Crippen LogP contribution in [0, 0.1) is 5.41 Å². The maximum absolute atomic E-state index is 5.19. The summed E-state index contributed by atoms with van der Waals surface area (Å²) in [6.07, 6.45) is 3.88. The number of rotatable bonds is 6. The van der Waals surface area contributed by atoms with Gasteiger partial charge in [-0.05, 0) is 42.4 Å². The number of benzene rings is 1. The average Bonchev–Trinajstić information content (AvgIpc) is 3.09. The van der Waals surface area contributed by atoms with E-state index in [1.807, 2.05) is 12.1 Å². The first kappa shape index (κ1) is 12.4. The molecule has 0 amide bonds. The van der Waals surface area contributed by atoms with Crippen LogP contribution in [0.25, 0.3) is 0 Å². The van der Waals surface area contributed by atoms with Crippen LogP contribution in [0.3, 0.4) is 0 Å². The Hall–Kier alpha value is -1.02. The van der Waals surface area contributed by atoms with Crippen LogP contribution in [0.4, 0.5) is 0 Å². The molecule has 0 aromatic heterocycles. The van der Waals surface area contributed by atoms with Crippen LogP contribution in [0.15, 0.2) is 24.3 Å². The van der Waals surface area contributed by atoms with Crippen molar-refractivity contribution >= 4 is 0 Å². The van der Waals surface area contributed by atoms with Crippen molar-refractivity contribution in [3.63, 3.8) is 0 Å². The largest absolute Gasteiger partial charge is 0.497 e. The molecular weight excluding hydrogens is 210 g/mol. The number of hydrogen-bond acceptors (Lipinski definition) is 2. The van der Waals surface area contributed by atoms with Gasteiger partial charge in [0.25, 0.3) is 0 Å². The number of ether oxygens (including phenoxy) is 1. The van der Waals surface area contributed by atoms with Crippen LogP contribution in [0.1, 0.15) is 44.7 Å². The molecule has 1 atom stereocenters. The monoisotopic (exact) mass is 233 g/mol. The molecule has 0 heterocycles. The van der Waals surface area contributed by atoms with E-state index in [0.29, 0.717) is 11.5 Å². The zero-order valence-corrected chi connectivity index (χ0v) is 11.1. The van der Waals surface area contributed by atoms with Crippen molar-refractivity contribution in [3.05, 3.63) is 29.8 Å². The van der Waals surface area contributed by atoms with E-state index in [-0.39, 0.29) is 0 Å². The van der Waals surface area contributed by atoms with Gasteiger partial charge in [0.1, 0.15) is 5.75 Å². The lowest BCUT2D eigenvalue weighted by Crippen LogP contribution is -2.26. The highest BCUT2D eigenvalue weighted by Crippen LogP contribution is 2.44. The van der Waals surface area contributed by atoms with Gasteiger partial charge in [0.15, 0.2) is 0 Å². The lowest BCUT2D eigenvalue weighted by Gasteiger charge is -2.20. The van der Waals surface area contributed by atoms with Gasteiger partial charge >= 0.3 is 0 Å². The normalized spacial score (nSPS) is 18.8. The fraction of sp³-hybridized carbons (Fsp3) is 0.600. The van der Waals surface area contributed by atoms with Crippen LogP contribution in [0.2, 0.25) is 0 Å². The molecule has 1 unspecified atom stereocenters. The van der Waals surface area contributed by atoms with Gasteiger partial charge in [-0.15, -0.1) is 0 Å². The number of nitrogens with one attached hydrogen (secondary N) is 1. The quantitative estimate of drug-likeness (QED) is 0.811. The molecule has 0 bridgehead atoms. The molecule has 17 heavy (non-hydrogen) atoms. The lowest BCUT2D eigenvalue weighted by molar-refractivity contribution is 0.412. The summed E-state index contributed by atoms with van der Waals surface area (Å²) in [6.45, 7) is 5.73. The van der Waals surface area contributed by atoms with Gasteiger partial charge in [-0.2, -0.15) is 0 Å². The van der Waals surface area contributed by atoms with Crippen LogP contribution in [0.5, 0.6) is 5.75 Å². The Labute approximate surface area is 104 Å². The SMILES string of the molecule is CCC(NCC1(C)CC1)c1ccc(OC)cc1. The van der Waals surface area contributed by atoms with Gasteiger partial charge in [0, 0.05) is 12.6 Å². The van der Waals surface area contributed by atoms with Crippen molar-refractivity contribution < 1.29 is 4.74 Å². The summed E-state index contributed by atoms with van der Waals surface area (Å²) in [5, 5.41) is 3.68. The summed E-state index contributed by atoms with van der Waals surface area (Å²) in [6, 6.07) is 8.87. The second-order valence-corrected chi connectivity index (χ2v) is 5.43. The van der Waals surface area contributed by atoms with Gasteiger partial charge in [-0.1, -0.05) is 26.0 Å². The van der Waals surface area contributed by atoms with E-state index in [1.54, 1.807) is 7.11 Å². The van der Waals surface area contributed by atoms with E-state index < -0.39 is 0 Å². The van der Waals surface area contributed by atoms with E-state index >= 15 is 0 Å². The molecule has 0 saturated heterocycles. The lowest BCUT2D eigenvalue weighted by atomic mass is 10.0. The van der Waals surface area contributed by atoms with Crippen LogP contribution < -0.4 is 10.1 Å². The van der Waals surface area contributed by atoms with E-state index in [1.165, 1.54) is 18.4 Å². The summed E-state index contributed by atoms with van der Waals surface area (Å²) in [5.41, 5.74) is 1.93. The third-order valence-corrected chi connectivity index (χ3v) is 3.81. The molecule has 1 saturated carbocycles. The highest BCUT2D eigenvalue weighted by molar-refractivity contribution is 5.29. The van der Waals surface area contributed by atoms with E-state index in [2.05, 4.69) is 31.3 Å². The van der Waals surface area contributed by atoms with E-state index in [9.17, 15) is 0 Å². The zero-order chi connectivity index (χ0) is 12.3. The fourth-order valence-electron chi connectivity index (χ4n) is 2.09. The number of methoxy groups -OCH3 is 1. The molecule has 2 heteroatoms. The van der Waals surface area contributed by atoms with Crippen molar-refractivity contribution in [2.75, 3.05) is 13.7 Å². The van der Waals surface area contributed by atoms with Crippen LogP contribution >= 0.6 is 0 Å². The Bertz CT molecular complexity index is 354. The maximum atomic E-state index is 5.19. The Morgan fingerprint density at radius 1 is 1.29 bits per heavy atom.